The minimum atomic E-state index is -0.829. The van der Waals surface area contributed by atoms with Crippen molar-refractivity contribution in [1.29, 1.82) is 0 Å². The standard InChI is InChI=1S/C24H23FN4O5/c1-24(6-7-24)19-4-2-14(10-26-19)27-23(33)34-12-13-8-15-16(17(25)9-13)11-29(22(15)32)18-3-5-20(30)28-21(18)31/h2,4,8-10,18H,3,5-7,11-12H2,1H3,(H,27,33)(H,28,30,31). The van der Waals surface area contributed by atoms with E-state index in [9.17, 15) is 23.6 Å². The zero-order valence-corrected chi connectivity index (χ0v) is 18.5. The van der Waals surface area contributed by atoms with Crippen LogP contribution in [0.4, 0.5) is 14.9 Å². The van der Waals surface area contributed by atoms with Gasteiger partial charge in [-0.2, -0.15) is 0 Å². The quantitative estimate of drug-likeness (QED) is 0.655. The predicted octanol–water partition coefficient (Wildman–Crippen LogP) is 2.78. The van der Waals surface area contributed by atoms with Gasteiger partial charge in [-0.25, -0.2) is 9.18 Å². The Kier molecular flexibility index (Phi) is 5.30. The van der Waals surface area contributed by atoms with Crippen LogP contribution in [0.3, 0.4) is 0 Å². The molecule has 0 spiro atoms. The molecule has 2 fully saturated rings. The van der Waals surface area contributed by atoms with Crippen molar-refractivity contribution in [3.8, 4) is 0 Å². The van der Waals surface area contributed by atoms with E-state index in [4.69, 9.17) is 4.74 Å². The van der Waals surface area contributed by atoms with E-state index in [1.54, 1.807) is 12.3 Å². The topological polar surface area (TPSA) is 118 Å². The summed E-state index contributed by atoms with van der Waals surface area (Å²) < 4.78 is 19.9. The minimum absolute atomic E-state index is 0.0596. The molecule has 9 nitrogen and oxygen atoms in total. The molecule has 5 rings (SSSR count). The number of aromatic nitrogens is 1. The van der Waals surface area contributed by atoms with E-state index in [1.807, 2.05) is 6.07 Å². The number of hydrogen-bond acceptors (Lipinski definition) is 6. The fourth-order valence-corrected chi connectivity index (χ4v) is 4.33. The summed E-state index contributed by atoms with van der Waals surface area (Å²) >= 11 is 0. The Labute approximate surface area is 194 Å². The van der Waals surface area contributed by atoms with Crippen LogP contribution in [0.25, 0.3) is 0 Å². The lowest BCUT2D eigenvalue weighted by molar-refractivity contribution is -0.136. The lowest BCUT2D eigenvalue weighted by atomic mass is 10.0. The Morgan fingerprint density at radius 2 is 2.09 bits per heavy atom. The third-order valence-corrected chi connectivity index (χ3v) is 6.66. The van der Waals surface area contributed by atoms with Gasteiger partial charge in [-0.1, -0.05) is 6.92 Å². The Bertz CT molecular complexity index is 1210. The second kappa shape index (κ2) is 8.19. The predicted molar refractivity (Wildman–Crippen MR) is 117 cm³/mol. The number of hydrogen-bond donors (Lipinski definition) is 2. The summed E-state index contributed by atoms with van der Waals surface area (Å²) in [4.78, 5) is 54.3. The van der Waals surface area contributed by atoms with Gasteiger partial charge in [-0.05, 0) is 49.1 Å². The summed E-state index contributed by atoms with van der Waals surface area (Å²) in [5.74, 6) is -2.07. The van der Waals surface area contributed by atoms with Crippen molar-refractivity contribution >= 4 is 29.5 Å². The van der Waals surface area contributed by atoms with E-state index >= 15 is 0 Å². The second-order valence-electron chi connectivity index (χ2n) is 9.20. The highest BCUT2D eigenvalue weighted by atomic mass is 19.1. The third kappa shape index (κ3) is 4.11. The Morgan fingerprint density at radius 3 is 2.76 bits per heavy atom. The van der Waals surface area contributed by atoms with Gasteiger partial charge >= 0.3 is 6.09 Å². The normalized spacial score (nSPS) is 20.6. The first kappa shape index (κ1) is 22.0. The first-order valence-electron chi connectivity index (χ1n) is 11.1. The Balaban J connectivity index is 1.22. The molecular formula is C24H23FN4O5. The number of amides is 4. The SMILES string of the molecule is CC1(c2ccc(NC(=O)OCc3cc(F)c4c(c3)C(=O)N(C3CCC(=O)NC3=O)C4)cn2)CC1. The van der Waals surface area contributed by atoms with Gasteiger partial charge in [0, 0.05) is 28.7 Å². The van der Waals surface area contributed by atoms with Crippen LogP contribution >= 0.6 is 0 Å². The molecule has 176 valence electrons. The summed E-state index contributed by atoms with van der Waals surface area (Å²) in [5, 5.41) is 4.79. The Hall–Kier alpha value is -3.82. The number of fused-ring (bicyclic) bond motifs is 1. The van der Waals surface area contributed by atoms with Crippen LogP contribution in [0.5, 0.6) is 0 Å². The van der Waals surface area contributed by atoms with Gasteiger partial charge in [0.2, 0.25) is 11.8 Å². The fraction of sp³-hybridized carbons (Fsp3) is 0.375. The summed E-state index contributed by atoms with van der Waals surface area (Å²) in [6.07, 6.45) is 3.34. The number of anilines is 1. The van der Waals surface area contributed by atoms with E-state index in [-0.39, 0.29) is 42.5 Å². The molecule has 1 unspecified atom stereocenters. The monoisotopic (exact) mass is 466 g/mol. The zero-order chi connectivity index (χ0) is 24.0. The zero-order valence-electron chi connectivity index (χ0n) is 18.5. The second-order valence-corrected chi connectivity index (χ2v) is 9.20. The molecule has 1 saturated carbocycles. The van der Waals surface area contributed by atoms with E-state index in [2.05, 4.69) is 22.5 Å². The number of pyridine rings is 1. The van der Waals surface area contributed by atoms with Crippen molar-refractivity contribution in [2.75, 3.05) is 5.32 Å². The molecule has 1 saturated heterocycles. The lowest BCUT2D eigenvalue weighted by Gasteiger charge is -2.29. The van der Waals surface area contributed by atoms with Crippen molar-refractivity contribution < 1.29 is 28.3 Å². The number of piperidine rings is 1. The summed E-state index contributed by atoms with van der Waals surface area (Å²) in [6.45, 7) is 1.84. The van der Waals surface area contributed by atoms with Crippen LogP contribution in [0, 0.1) is 5.82 Å². The maximum atomic E-state index is 14.7. The smallest absolute Gasteiger partial charge is 0.412 e. The molecule has 2 N–H and O–H groups in total. The molecule has 10 heteroatoms. The van der Waals surface area contributed by atoms with Gasteiger partial charge < -0.3 is 9.64 Å². The molecule has 2 aliphatic heterocycles. The van der Waals surface area contributed by atoms with Crippen LogP contribution in [-0.2, 0) is 32.9 Å². The maximum Gasteiger partial charge on any atom is 0.412 e. The first-order valence-corrected chi connectivity index (χ1v) is 11.1. The van der Waals surface area contributed by atoms with E-state index in [0.29, 0.717) is 11.3 Å². The molecule has 0 bridgehead atoms. The molecular weight excluding hydrogens is 443 g/mol. The number of rotatable bonds is 5. The summed E-state index contributed by atoms with van der Waals surface area (Å²) in [6, 6.07) is 5.47. The number of ether oxygens (including phenoxy) is 1. The van der Waals surface area contributed by atoms with Gasteiger partial charge in [-0.15, -0.1) is 0 Å². The van der Waals surface area contributed by atoms with Gasteiger partial charge in [0.25, 0.3) is 5.91 Å². The molecule has 2 aromatic rings. The van der Waals surface area contributed by atoms with Crippen molar-refractivity contribution in [2.24, 2.45) is 0 Å². The van der Waals surface area contributed by atoms with Crippen LogP contribution in [0.15, 0.2) is 30.5 Å². The van der Waals surface area contributed by atoms with Crippen molar-refractivity contribution in [2.45, 2.75) is 57.2 Å². The van der Waals surface area contributed by atoms with Gasteiger partial charge in [0.15, 0.2) is 0 Å². The van der Waals surface area contributed by atoms with Crippen molar-refractivity contribution in [1.82, 2.24) is 15.2 Å². The van der Waals surface area contributed by atoms with E-state index < -0.39 is 35.7 Å². The van der Waals surface area contributed by atoms with Crippen LogP contribution in [0.1, 0.15) is 59.8 Å². The summed E-state index contributed by atoms with van der Waals surface area (Å²) in [5.41, 5.74) is 2.20. The highest BCUT2D eigenvalue weighted by Gasteiger charge is 2.41. The Morgan fingerprint density at radius 1 is 1.29 bits per heavy atom. The van der Waals surface area contributed by atoms with Crippen molar-refractivity contribution in [3.63, 3.8) is 0 Å². The molecule has 1 aromatic carbocycles. The van der Waals surface area contributed by atoms with Gasteiger partial charge in [0.05, 0.1) is 18.4 Å². The minimum Gasteiger partial charge on any atom is -0.444 e. The van der Waals surface area contributed by atoms with E-state index in [1.165, 1.54) is 17.0 Å². The average molecular weight is 466 g/mol. The molecule has 4 amide bonds. The molecule has 3 heterocycles. The van der Waals surface area contributed by atoms with Crippen molar-refractivity contribution in [3.05, 3.63) is 58.7 Å². The fourth-order valence-electron chi connectivity index (χ4n) is 4.33. The number of benzene rings is 1. The summed E-state index contributed by atoms with van der Waals surface area (Å²) in [7, 11) is 0. The number of carbonyl (C=O) groups excluding carboxylic acids is 4. The third-order valence-electron chi connectivity index (χ3n) is 6.66. The number of halogens is 1. The largest absolute Gasteiger partial charge is 0.444 e. The molecule has 34 heavy (non-hydrogen) atoms. The van der Waals surface area contributed by atoms with Gasteiger partial charge in [0.1, 0.15) is 18.5 Å². The highest BCUT2D eigenvalue weighted by Crippen LogP contribution is 2.46. The van der Waals surface area contributed by atoms with Crippen LogP contribution in [-0.4, -0.2) is 39.7 Å². The molecule has 0 radical (unpaired) electrons. The van der Waals surface area contributed by atoms with Crippen LogP contribution < -0.4 is 10.6 Å². The average Bonchev–Trinajstić information content (AvgIpc) is 3.47. The van der Waals surface area contributed by atoms with Gasteiger partial charge in [-0.3, -0.25) is 30.0 Å². The van der Waals surface area contributed by atoms with E-state index in [0.717, 1.165) is 18.5 Å². The number of carbonyl (C=O) groups is 4. The highest BCUT2D eigenvalue weighted by molar-refractivity contribution is 6.05. The lowest BCUT2D eigenvalue weighted by Crippen LogP contribution is -2.52. The number of nitrogens with one attached hydrogen (secondary N) is 2. The molecule has 1 aliphatic carbocycles. The first-order chi connectivity index (χ1) is 16.2. The molecule has 3 aliphatic rings. The number of nitrogens with zero attached hydrogens (tertiary/aromatic N) is 2. The maximum absolute atomic E-state index is 14.7. The van der Waals surface area contributed by atoms with Crippen LogP contribution in [0.2, 0.25) is 0 Å². The molecule has 1 aromatic heterocycles. The number of imide groups is 1. The molecule has 1 atom stereocenters.